The van der Waals surface area contributed by atoms with Crippen LogP contribution in [0.2, 0.25) is 5.02 Å². The zero-order valence-corrected chi connectivity index (χ0v) is 18.0. The molecule has 5 rings (SSSR count). The molecular weight excluding hydrogens is 408 g/mol. The van der Waals surface area contributed by atoms with Gasteiger partial charge in [-0.3, -0.25) is 4.79 Å². The van der Waals surface area contributed by atoms with Gasteiger partial charge in [-0.2, -0.15) is 0 Å². The van der Waals surface area contributed by atoms with Crippen LogP contribution in [0.5, 0.6) is 5.75 Å². The van der Waals surface area contributed by atoms with Crippen LogP contribution in [0.1, 0.15) is 18.1 Å². The molecule has 4 nitrogen and oxygen atoms in total. The van der Waals surface area contributed by atoms with Gasteiger partial charge in [0.05, 0.1) is 6.04 Å². The van der Waals surface area contributed by atoms with E-state index in [4.69, 9.17) is 16.3 Å². The van der Waals surface area contributed by atoms with Crippen LogP contribution in [-0.4, -0.2) is 23.1 Å². The van der Waals surface area contributed by atoms with Gasteiger partial charge in [0, 0.05) is 41.3 Å². The zero-order valence-electron chi connectivity index (χ0n) is 17.3. The van der Waals surface area contributed by atoms with E-state index in [-0.39, 0.29) is 11.9 Å². The summed E-state index contributed by atoms with van der Waals surface area (Å²) < 4.78 is 8.35. The molecule has 0 fully saturated rings. The molecule has 2 heterocycles. The number of anilines is 1. The molecule has 1 atom stereocenters. The number of hydrogen-bond acceptors (Lipinski definition) is 2. The SMILES string of the molecule is CC(=O)N1c2ccccc2C[C@H]1COc1ccc2c(ccn2Cc2ccc(Cl)cc2)c1. The van der Waals surface area contributed by atoms with Crippen LogP contribution in [0.25, 0.3) is 10.9 Å². The van der Waals surface area contributed by atoms with Gasteiger partial charge in [-0.05, 0) is 60.0 Å². The van der Waals surface area contributed by atoms with Crippen molar-refractivity contribution >= 4 is 34.1 Å². The molecule has 0 unspecified atom stereocenters. The zero-order chi connectivity index (χ0) is 21.4. The summed E-state index contributed by atoms with van der Waals surface area (Å²) in [4.78, 5) is 14.1. The molecule has 0 bridgehead atoms. The molecule has 3 aromatic carbocycles. The Balaban J connectivity index is 1.30. The molecular formula is C26H23ClN2O2. The lowest BCUT2D eigenvalue weighted by Crippen LogP contribution is -2.40. The maximum absolute atomic E-state index is 12.2. The minimum atomic E-state index is 0.0140. The van der Waals surface area contributed by atoms with Crippen molar-refractivity contribution in [1.29, 1.82) is 0 Å². The normalized spacial score (nSPS) is 15.3. The number of halogens is 1. The van der Waals surface area contributed by atoms with Gasteiger partial charge in [0.25, 0.3) is 0 Å². The van der Waals surface area contributed by atoms with Crippen molar-refractivity contribution in [2.45, 2.75) is 25.9 Å². The molecule has 1 aromatic heterocycles. The van der Waals surface area contributed by atoms with Crippen LogP contribution in [-0.2, 0) is 17.8 Å². The number of carbonyl (C=O) groups is 1. The van der Waals surface area contributed by atoms with E-state index in [0.717, 1.165) is 40.3 Å². The van der Waals surface area contributed by atoms with Gasteiger partial charge >= 0.3 is 0 Å². The summed E-state index contributed by atoms with van der Waals surface area (Å²) in [5.74, 6) is 0.865. The first-order chi connectivity index (χ1) is 15.1. The summed E-state index contributed by atoms with van der Waals surface area (Å²) in [6, 6.07) is 24.3. The van der Waals surface area contributed by atoms with Crippen molar-refractivity contribution in [2.75, 3.05) is 11.5 Å². The summed E-state index contributed by atoms with van der Waals surface area (Å²) >= 11 is 5.99. The Labute approximate surface area is 186 Å². The van der Waals surface area contributed by atoms with Crippen LogP contribution in [0.3, 0.4) is 0 Å². The third kappa shape index (κ3) is 3.91. The number of fused-ring (bicyclic) bond motifs is 2. The van der Waals surface area contributed by atoms with Gasteiger partial charge in [0.15, 0.2) is 0 Å². The molecule has 0 N–H and O–H groups in total. The summed E-state index contributed by atoms with van der Waals surface area (Å²) in [5, 5.41) is 1.88. The van der Waals surface area contributed by atoms with Gasteiger partial charge < -0.3 is 14.2 Å². The number of rotatable bonds is 5. The first kappa shape index (κ1) is 19.7. The van der Waals surface area contributed by atoms with Gasteiger partial charge in [0.2, 0.25) is 5.91 Å². The number of aromatic nitrogens is 1. The van der Waals surface area contributed by atoms with Crippen molar-refractivity contribution < 1.29 is 9.53 Å². The van der Waals surface area contributed by atoms with E-state index >= 15 is 0 Å². The topological polar surface area (TPSA) is 34.5 Å². The summed E-state index contributed by atoms with van der Waals surface area (Å²) in [6.07, 6.45) is 2.91. The number of carbonyl (C=O) groups excluding carboxylic acids is 1. The van der Waals surface area contributed by atoms with Crippen LogP contribution >= 0.6 is 11.6 Å². The van der Waals surface area contributed by atoms with Gasteiger partial charge in [0.1, 0.15) is 12.4 Å². The maximum Gasteiger partial charge on any atom is 0.224 e. The molecule has 1 aliphatic heterocycles. The highest BCUT2D eigenvalue weighted by molar-refractivity contribution is 6.30. The Morgan fingerprint density at radius 2 is 1.87 bits per heavy atom. The summed E-state index contributed by atoms with van der Waals surface area (Å²) in [5.41, 5.74) is 4.55. The molecule has 0 saturated carbocycles. The lowest BCUT2D eigenvalue weighted by molar-refractivity contribution is -0.117. The molecule has 0 saturated heterocycles. The predicted octanol–water partition coefficient (Wildman–Crippen LogP) is 5.70. The molecule has 156 valence electrons. The third-order valence-corrected chi connectivity index (χ3v) is 6.11. The Bertz CT molecular complexity index is 1250. The van der Waals surface area contributed by atoms with E-state index in [9.17, 15) is 4.79 Å². The summed E-state index contributed by atoms with van der Waals surface area (Å²) in [6.45, 7) is 2.87. The Morgan fingerprint density at radius 1 is 1.06 bits per heavy atom. The highest BCUT2D eigenvalue weighted by atomic mass is 35.5. The van der Waals surface area contributed by atoms with Crippen molar-refractivity contribution in [3.63, 3.8) is 0 Å². The number of nitrogens with zero attached hydrogens (tertiary/aromatic N) is 2. The molecule has 0 spiro atoms. The minimum Gasteiger partial charge on any atom is -0.491 e. The van der Waals surface area contributed by atoms with Crippen LogP contribution in [0.15, 0.2) is 79.0 Å². The van der Waals surface area contributed by atoms with Crippen molar-refractivity contribution in [2.24, 2.45) is 0 Å². The number of ether oxygens (including phenoxy) is 1. The first-order valence-electron chi connectivity index (χ1n) is 10.4. The van der Waals surface area contributed by atoms with Crippen molar-refractivity contribution in [3.05, 3.63) is 95.1 Å². The quantitative estimate of drug-likeness (QED) is 0.407. The molecule has 1 aliphatic rings. The fraction of sp³-hybridized carbons (Fsp3) is 0.192. The lowest BCUT2D eigenvalue weighted by Gasteiger charge is -2.24. The molecule has 1 amide bonds. The van der Waals surface area contributed by atoms with E-state index in [0.29, 0.717) is 6.61 Å². The van der Waals surface area contributed by atoms with E-state index in [1.54, 1.807) is 6.92 Å². The van der Waals surface area contributed by atoms with Crippen LogP contribution in [0.4, 0.5) is 5.69 Å². The number of amides is 1. The van der Waals surface area contributed by atoms with E-state index in [1.165, 1.54) is 11.1 Å². The smallest absolute Gasteiger partial charge is 0.224 e. The number of benzene rings is 3. The molecule has 0 radical (unpaired) electrons. The average molecular weight is 431 g/mol. The fourth-order valence-corrected chi connectivity index (χ4v) is 4.53. The van der Waals surface area contributed by atoms with E-state index < -0.39 is 0 Å². The molecule has 0 aliphatic carbocycles. The second kappa shape index (κ2) is 8.12. The van der Waals surface area contributed by atoms with E-state index in [1.807, 2.05) is 53.4 Å². The fourth-order valence-electron chi connectivity index (χ4n) is 4.41. The number of hydrogen-bond donors (Lipinski definition) is 0. The van der Waals surface area contributed by atoms with Crippen LogP contribution < -0.4 is 9.64 Å². The monoisotopic (exact) mass is 430 g/mol. The highest BCUT2D eigenvalue weighted by Crippen LogP contribution is 2.32. The third-order valence-electron chi connectivity index (χ3n) is 5.86. The standard InChI is InChI=1S/C26H23ClN2O2/c1-18(30)29-23(14-20-4-2-3-5-26(20)29)17-31-24-10-11-25-21(15-24)12-13-28(25)16-19-6-8-22(27)9-7-19/h2-13,15,23H,14,16-17H2,1H3/t23-/m0/s1. The predicted molar refractivity (Wildman–Crippen MR) is 125 cm³/mol. The Kier molecular flexibility index (Phi) is 5.16. The maximum atomic E-state index is 12.2. The second-order valence-electron chi connectivity index (χ2n) is 7.98. The molecule has 31 heavy (non-hydrogen) atoms. The van der Waals surface area contributed by atoms with Crippen molar-refractivity contribution in [3.8, 4) is 5.75 Å². The second-order valence-corrected chi connectivity index (χ2v) is 8.41. The van der Waals surface area contributed by atoms with Gasteiger partial charge in [-0.1, -0.05) is 41.9 Å². The molecule has 5 heteroatoms. The largest absolute Gasteiger partial charge is 0.491 e. The Morgan fingerprint density at radius 3 is 2.68 bits per heavy atom. The summed E-state index contributed by atoms with van der Waals surface area (Å²) in [7, 11) is 0. The van der Waals surface area contributed by atoms with E-state index in [2.05, 4.69) is 35.0 Å². The van der Waals surface area contributed by atoms with Gasteiger partial charge in [-0.25, -0.2) is 0 Å². The van der Waals surface area contributed by atoms with Crippen LogP contribution in [0, 0.1) is 0 Å². The highest BCUT2D eigenvalue weighted by Gasteiger charge is 2.32. The molecule has 4 aromatic rings. The number of para-hydroxylation sites is 1. The Hall–Kier alpha value is -3.24. The average Bonchev–Trinajstić information content (AvgIpc) is 3.34. The van der Waals surface area contributed by atoms with Gasteiger partial charge in [-0.15, -0.1) is 0 Å². The lowest BCUT2D eigenvalue weighted by atomic mass is 10.1. The van der Waals surface area contributed by atoms with Crippen molar-refractivity contribution in [1.82, 2.24) is 4.57 Å². The first-order valence-corrected chi connectivity index (χ1v) is 10.8. The minimum absolute atomic E-state index is 0.0140.